The van der Waals surface area contributed by atoms with E-state index in [1.54, 1.807) is 0 Å². The number of rotatable bonds is 5. The number of guanidine groups is 1. The summed E-state index contributed by atoms with van der Waals surface area (Å²) in [6.45, 7) is 5.57. The molecular weight excluding hydrogens is 254 g/mol. The fourth-order valence-electron chi connectivity index (χ4n) is 3.38. The van der Waals surface area contributed by atoms with Gasteiger partial charge in [0, 0.05) is 25.2 Å². The number of nitrogens with one attached hydrogen (secondary N) is 1. The van der Waals surface area contributed by atoms with Crippen molar-refractivity contribution in [2.75, 3.05) is 26.3 Å². The van der Waals surface area contributed by atoms with Gasteiger partial charge in [0.05, 0.1) is 18.8 Å². The Kier molecular flexibility index (Phi) is 4.17. The lowest BCUT2D eigenvalue weighted by atomic mass is 9.81. The smallest absolute Gasteiger partial charge is 0.188 e. The molecule has 0 aromatic rings. The number of aliphatic imine (C=N–C) groups is 1. The normalized spacial score (nSPS) is 38.4. The van der Waals surface area contributed by atoms with Crippen LogP contribution in [0.25, 0.3) is 0 Å². The number of hydrogen-bond acceptors (Lipinski definition) is 3. The number of nitrogens with zero attached hydrogens (tertiary/aromatic N) is 1. The Balaban J connectivity index is 1.47. The highest BCUT2D eigenvalue weighted by Gasteiger charge is 2.47. The summed E-state index contributed by atoms with van der Waals surface area (Å²) in [7, 11) is 0. The van der Waals surface area contributed by atoms with E-state index in [0.717, 1.165) is 51.5 Å². The molecule has 0 aromatic heterocycles. The summed E-state index contributed by atoms with van der Waals surface area (Å²) in [5, 5.41) is 3.19. The number of hydrogen-bond donors (Lipinski definition) is 2. The van der Waals surface area contributed by atoms with Gasteiger partial charge in [-0.25, -0.2) is 0 Å². The van der Waals surface area contributed by atoms with Gasteiger partial charge in [0.25, 0.3) is 0 Å². The van der Waals surface area contributed by atoms with Gasteiger partial charge in [0.15, 0.2) is 5.96 Å². The lowest BCUT2D eigenvalue weighted by Gasteiger charge is -2.28. The first-order chi connectivity index (χ1) is 9.67. The lowest BCUT2D eigenvalue weighted by Crippen LogP contribution is -2.39. The van der Waals surface area contributed by atoms with Crippen molar-refractivity contribution in [2.24, 2.45) is 22.1 Å². The van der Waals surface area contributed by atoms with E-state index in [4.69, 9.17) is 15.2 Å². The van der Waals surface area contributed by atoms with Crippen LogP contribution in [0.4, 0.5) is 0 Å². The highest BCUT2D eigenvalue weighted by Crippen LogP contribution is 2.47. The van der Waals surface area contributed by atoms with E-state index in [1.807, 2.05) is 0 Å². The van der Waals surface area contributed by atoms with Crippen molar-refractivity contribution in [3.05, 3.63) is 0 Å². The average molecular weight is 281 g/mol. The molecule has 2 saturated heterocycles. The van der Waals surface area contributed by atoms with Crippen molar-refractivity contribution >= 4 is 5.96 Å². The molecule has 3 N–H and O–H groups in total. The first kappa shape index (κ1) is 14.1. The SMILES string of the molecule is CC1(CN=C(N)NCC2CCCO2)CCOC1C1CC1. The van der Waals surface area contributed by atoms with Crippen LogP contribution in [0.2, 0.25) is 0 Å². The molecule has 3 rings (SSSR count). The zero-order valence-electron chi connectivity index (χ0n) is 12.4. The second-order valence-electron chi connectivity index (χ2n) is 6.75. The molecule has 0 spiro atoms. The quantitative estimate of drug-likeness (QED) is 0.588. The molecule has 3 aliphatic rings. The Morgan fingerprint density at radius 1 is 1.30 bits per heavy atom. The number of ether oxygens (including phenoxy) is 2. The zero-order valence-corrected chi connectivity index (χ0v) is 12.4. The predicted molar refractivity (Wildman–Crippen MR) is 78.7 cm³/mol. The second-order valence-corrected chi connectivity index (χ2v) is 6.75. The Bertz CT molecular complexity index is 364. The molecular formula is C15H27N3O2. The van der Waals surface area contributed by atoms with Crippen molar-refractivity contribution in [1.82, 2.24) is 5.32 Å². The molecule has 5 nitrogen and oxygen atoms in total. The van der Waals surface area contributed by atoms with Gasteiger partial charge in [-0.2, -0.15) is 0 Å². The fraction of sp³-hybridized carbons (Fsp3) is 0.933. The monoisotopic (exact) mass is 281 g/mol. The summed E-state index contributed by atoms with van der Waals surface area (Å²) in [6.07, 6.45) is 6.69. The van der Waals surface area contributed by atoms with Gasteiger partial charge < -0.3 is 20.5 Å². The van der Waals surface area contributed by atoms with Gasteiger partial charge in [0.2, 0.25) is 0 Å². The minimum absolute atomic E-state index is 0.164. The van der Waals surface area contributed by atoms with E-state index < -0.39 is 0 Å². The summed E-state index contributed by atoms with van der Waals surface area (Å²) < 4.78 is 11.5. The maximum atomic E-state index is 5.97. The van der Waals surface area contributed by atoms with Crippen molar-refractivity contribution in [2.45, 2.75) is 51.2 Å². The third kappa shape index (κ3) is 3.26. The first-order valence-electron chi connectivity index (χ1n) is 7.94. The van der Waals surface area contributed by atoms with Crippen LogP contribution < -0.4 is 11.1 Å². The van der Waals surface area contributed by atoms with Gasteiger partial charge in [-0.05, 0) is 38.0 Å². The Morgan fingerprint density at radius 3 is 2.85 bits per heavy atom. The molecule has 3 fully saturated rings. The maximum absolute atomic E-state index is 5.97. The molecule has 5 heteroatoms. The Labute approximate surface area is 121 Å². The molecule has 114 valence electrons. The minimum atomic E-state index is 0.164. The Hall–Kier alpha value is -0.810. The molecule has 2 aliphatic heterocycles. The molecule has 20 heavy (non-hydrogen) atoms. The number of nitrogens with two attached hydrogens (primary N) is 1. The van der Waals surface area contributed by atoms with Crippen LogP contribution in [0.5, 0.6) is 0 Å². The summed E-state index contributed by atoms with van der Waals surface area (Å²) >= 11 is 0. The van der Waals surface area contributed by atoms with E-state index >= 15 is 0 Å². The van der Waals surface area contributed by atoms with Crippen LogP contribution in [-0.2, 0) is 9.47 Å². The summed E-state index contributed by atoms with van der Waals surface area (Å²) in [6, 6.07) is 0. The minimum Gasteiger partial charge on any atom is -0.377 e. The summed E-state index contributed by atoms with van der Waals surface area (Å²) in [4.78, 5) is 4.55. The van der Waals surface area contributed by atoms with Gasteiger partial charge in [-0.1, -0.05) is 6.92 Å². The molecule has 1 saturated carbocycles. The Morgan fingerprint density at radius 2 is 2.15 bits per heavy atom. The van der Waals surface area contributed by atoms with E-state index in [1.165, 1.54) is 12.8 Å². The third-order valence-electron chi connectivity index (χ3n) is 4.85. The molecule has 0 amide bonds. The predicted octanol–water partition coefficient (Wildman–Crippen LogP) is 1.27. The molecule has 3 atom stereocenters. The van der Waals surface area contributed by atoms with Crippen molar-refractivity contribution in [1.29, 1.82) is 0 Å². The van der Waals surface area contributed by atoms with Gasteiger partial charge in [0.1, 0.15) is 0 Å². The van der Waals surface area contributed by atoms with Crippen LogP contribution in [0.1, 0.15) is 39.0 Å². The van der Waals surface area contributed by atoms with E-state index in [2.05, 4.69) is 17.2 Å². The van der Waals surface area contributed by atoms with Crippen molar-refractivity contribution < 1.29 is 9.47 Å². The summed E-state index contributed by atoms with van der Waals surface area (Å²) in [5.74, 6) is 1.31. The fourth-order valence-corrected chi connectivity index (χ4v) is 3.38. The van der Waals surface area contributed by atoms with Crippen LogP contribution >= 0.6 is 0 Å². The molecule has 0 bridgehead atoms. The van der Waals surface area contributed by atoms with E-state index in [-0.39, 0.29) is 5.41 Å². The third-order valence-corrected chi connectivity index (χ3v) is 4.85. The molecule has 0 aromatic carbocycles. The van der Waals surface area contributed by atoms with Gasteiger partial charge >= 0.3 is 0 Å². The van der Waals surface area contributed by atoms with Crippen molar-refractivity contribution in [3.63, 3.8) is 0 Å². The summed E-state index contributed by atoms with van der Waals surface area (Å²) in [5.41, 5.74) is 6.13. The second kappa shape index (κ2) is 5.90. The van der Waals surface area contributed by atoms with Crippen LogP contribution in [-0.4, -0.2) is 44.5 Å². The topological polar surface area (TPSA) is 68.9 Å². The average Bonchev–Trinajstić information content (AvgIpc) is 2.99. The first-order valence-corrected chi connectivity index (χ1v) is 7.94. The van der Waals surface area contributed by atoms with E-state index in [9.17, 15) is 0 Å². The van der Waals surface area contributed by atoms with Crippen LogP contribution in [0, 0.1) is 11.3 Å². The maximum Gasteiger partial charge on any atom is 0.188 e. The van der Waals surface area contributed by atoms with Gasteiger partial charge in [-0.3, -0.25) is 4.99 Å². The highest BCUT2D eigenvalue weighted by molar-refractivity contribution is 5.77. The molecule has 0 radical (unpaired) electrons. The molecule has 2 heterocycles. The van der Waals surface area contributed by atoms with E-state index in [0.29, 0.717) is 18.2 Å². The van der Waals surface area contributed by atoms with Crippen molar-refractivity contribution in [3.8, 4) is 0 Å². The lowest BCUT2D eigenvalue weighted by molar-refractivity contribution is 0.0424. The standard InChI is InChI=1S/C15H27N3O2/c1-15(6-8-20-13(15)11-4-5-11)10-18-14(16)17-9-12-3-2-7-19-12/h11-13H,2-10H2,1H3,(H3,16,17,18). The highest BCUT2D eigenvalue weighted by atomic mass is 16.5. The zero-order chi connectivity index (χ0) is 14.0. The van der Waals surface area contributed by atoms with Gasteiger partial charge in [-0.15, -0.1) is 0 Å². The van der Waals surface area contributed by atoms with Crippen LogP contribution in [0.15, 0.2) is 4.99 Å². The largest absolute Gasteiger partial charge is 0.377 e. The van der Waals surface area contributed by atoms with Crippen LogP contribution in [0.3, 0.4) is 0 Å². The molecule has 1 aliphatic carbocycles. The molecule has 3 unspecified atom stereocenters.